The first kappa shape index (κ1) is 16.2. The van der Waals surface area contributed by atoms with Crippen molar-refractivity contribution in [2.45, 2.75) is 43.9 Å². The number of ether oxygens (including phenoxy) is 2. The molecule has 0 aromatic heterocycles. The Labute approximate surface area is 123 Å². The van der Waals surface area contributed by atoms with Crippen LogP contribution >= 0.6 is 0 Å². The van der Waals surface area contributed by atoms with E-state index in [9.17, 15) is 0 Å². The number of hydrogen-bond acceptors (Lipinski definition) is 5. The molecule has 0 bridgehead atoms. The fourth-order valence-electron chi connectivity index (χ4n) is 3.74. The zero-order valence-corrected chi connectivity index (χ0v) is 13.3. The maximum absolute atomic E-state index is 6.17. The summed E-state index contributed by atoms with van der Waals surface area (Å²) in [6.07, 6.45) is 3.91. The van der Waals surface area contributed by atoms with Gasteiger partial charge in [0.25, 0.3) is 0 Å². The zero-order valence-electron chi connectivity index (χ0n) is 13.3. The molecule has 0 spiro atoms. The number of nitrogens with zero attached hydrogens (tertiary/aromatic N) is 2. The smallest absolute Gasteiger partial charge is 0.0972 e. The van der Waals surface area contributed by atoms with Crippen LogP contribution in [0.4, 0.5) is 0 Å². The maximum atomic E-state index is 6.17. The Kier molecular flexibility index (Phi) is 5.81. The highest BCUT2D eigenvalue weighted by Gasteiger charge is 2.45. The van der Waals surface area contributed by atoms with Gasteiger partial charge in [0.15, 0.2) is 0 Å². The number of nitrogens with two attached hydrogens (primary N) is 1. The molecule has 2 N–H and O–H groups in total. The van der Waals surface area contributed by atoms with Crippen LogP contribution in [0.5, 0.6) is 0 Å². The van der Waals surface area contributed by atoms with Crippen LogP contribution in [-0.4, -0.2) is 81.0 Å². The lowest BCUT2D eigenvalue weighted by Gasteiger charge is -2.47. The molecule has 2 saturated heterocycles. The van der Waals surface area contributed by atoms with Crippen molar-refractivity contribution in [1.82, 2.24) is 9.80 Å². The maximum Gasteiger partial charge on any atom is 0.0972 e. The molecule has 2 aliphatic rings. The third-order valence-electron chi connectivity index (χ3n) is 5.20. The van der Waals surface area contributed by atoms with Crippen LogP contribution in [0.25, 0.3) is 0 Å². The molecule has 0 saturated carbocycles. The number of hydrogen-bond donors (Lipinski definition) is 1. The predicted octanol–water partition coefficient (Wildman–Crippen LogP) is 0.535. The fourth-order valence-corrected chi connectivity index (χ4v) is 3.74. The fraction of sp³-hybridized carbons (Fsp3) is 1.00. The summed E-state index contributed by atoms with van der Waals surface area (Å²) in [7, 11) is 3.55. The molecule has 5 heteroatoms. The molecule has 2 fully saturated rings. The third-order valence-corrected chi connectivity index (χ3v) is 5.20. The van der Waals surface area contributed by atoms with Crippen molar-refractivity contribution in [1.29, 1.82) is 0 Å². The summed E-state index contributed by atoms with van der Waals surface area (Å²) in [5.41, 5.74) is 6.32. The molecule has 2 heterocycles. The van der Waals surface area contributed by atoms with Crippen LogP contribution in [0.15, 0.2) is 0 Å². The van der Waals surface area contributed by atoms with Crippen LogP contribution in [0.1, 0.15) is 26.2 Å². The van der Waals surface area contributed by atoms with Gasteiger partial charge in [0.1, 0.15) is 0 Å². The Morgan fingerprint density at radius 1 is 1.10 bits per heavy atom. The van der Waals surface area contributed by atoms with Crippen LogP contribution in [0, 0.1) is 0 Å². The van der Waals surface area contributed by atoms with Gasteiger partial charge in [0, 0.05) is 39.4 Å². The van der Waals surface area contributed by atoms with Gasteiger partial charge in [0.2, 0.25) is 0 Å². The molecule has 0 aliphatic carbocycles. The SMILES string of the molecule is CCCN1CCC(CN)(N2CC(OC)C(OC)C2)CC1. The van der Waals surface area contributed by atoms with Gasteiger partial charge in [-0.2, -0.15) is 0 Å². The summed E-state index contributed by atoms with van der Waals surface area (Å²) in [6, 6.07) is 0. The average Bonchev–Trinajstić information content (AvgIpc) is 2.92. The molecule has 2 rings (SSSR count). The lowest BCUT2D eigenvalue weighted by atomic mass is 9.85. The number of likely N-dealkylation sites (tertiary alicyclic amines) is 2. The van der Waals surface area contributed by atoms with E-state index in [1.54, 1.807) is 14.2 Å². The van der Waals surface area contributed by atoms with E-state index < -0.39 is 0 Å². The third kappa shape index (κ3) is 3.17. The van der Waals surface area contributed by atoms with E-state index in [2.05, 4.69) is 16.7 Å². The lowest BCUT2D eigenvalue weighted by Crippen LogP contribution is -2.59. The Balaban J connectivity index is 1.98. The molecule has 118 valence electrons. The van der Waals surface area contributed by atoms with Crippen molar-refractivity contribution in [3.05, 3.63) is 0 Å². The monoisotopic (exact) mass is 285 g/mol. The molecule has 2 atom stereocenters. The van der Waals surface area contributed by atoms with Gasteiger partial charge in [-0.15, -0.1) is 0 Å². The second-order valence-corrected chi connectivity index (χ2v) is 6.22. The summed E-state index contributed by atoms with van der Waals surface area (Å²) in [6.45, 7) is 8.41. The molecule has 0 radical (unpaired) electrons. The summed E-state index contributed by atoms with van der Waals surface area (Å²) in [4.78, 5) is 5.09. The second-order valence-electron chi connectivity index (χ2n) is 6.22. The zero-order chi connectivity index (χ0) is 14.6. The molecule has 0 amide bonds. The molecule has 5 nitrogen and oxygen atoms in total. The Hall–Kier alpha value is -0.200. The molecular weight excluding hydrogens is 254 g/mol. The lowest BCUT2D eigenvalue weighted by molar-refractivity contribution is -0.00461. The first-order valence-electron chi connectivity index (χ1n) is 7.92. The average molecular weight is 285 g/mol. The largest absolute Gasteiger partial charge is 0.377 e. The molecule has 2 aliphatic heterocycles. The Morgan fingerprint density at radius 2 is 1.65 bits per heavy atom. The predicted molar refractivity (Wildman–Crippen MR) is 80.9 cm³/mol. The van der Waals surface area contributed by atoms with Crippen molar-refractivity contribution in [3.63, 3.8) is 0 Å². The summed E-state index contributed by atoms with van der Waals surface area (Å²) in [5, 5.41) is 0. The number of methoxy groups -OCH3 is 2. The summed E-state index contributed by atoms with van der Waals surface area (Å²) in [5.74, 6) is 0. The first-order valence-corrected chi connectivity index (χ1v) is 7.92. The highest BCUT2D eigenvalue weighted by atomic mass is 16.5. The molecule has 20 heavy (non-hydrogen) atoms. The Morgan fingerprint density at radius 3 is 2.05 bits per heavy atom. The van der Waals surface area contributed by atoms with Crippen molar-refractivity contribution in [2.24, 2.45) is 5.73 Å². The van der Waals surface area contributed by atoms with E-state index in [-0.39, 0.29) is 17.7 Å². The van der Waals surface area contributed by atoms with E-state index in [1.807, 2.05) is 0 Å². The van der Waals surface area contributed by atoms with Crippen LogP contribution in [0.3, 0.4) is 0 Å². The van der Waals surface area contributed by atoms with Crippen molar-refractivity contribution in [3.8, 4) is 0 Å². The molecular formula is C15H31N3O2. The van der Waals surface area contributed by atoms with Crippen molar-refractivity contribution >= 4 is 0 Å². The standard InChI is InChI=1S/C15H31N3O2/c1-4-7-17-8-5-15(12-16,6-9-17)18-10-13(19-2)14(11-18)20-3/h13-14H,4-12,16H2,1-3H3. The topological polar surface area (TPSA) is 51.0 Å². The minimum Gasteiger partial charge on any atom is -0.377 e. The van der Waals surface area contributed by atoms with Crippen LogP contribution in [0.2, 0.25) is 0 Å². The minimum atomic E-state index is 0.147. The first-order chi connectivity index (χ1) is 9.69. The van der Waals surface area contributed by atoms with Gasteiger partial charge in [-0.05, 0) is 38.9 Å². The van der Waals surface area contributed by atoms with Gasteiger partial charge < -0.3 is 20.1 Å². The van der Waals surface area contributed by atoms with E-state index in [0.29, 0.717) is 0 Å². The highest BCUT2D eigenvalue weighted by molar-refractivity contribution is 5.01. The molecule has 2 unspecified atom stereocenters. The van der Waals surface area contributed by atoms with E-state index in [0.717, 1.165) is 45.6 Å². The van der Waals surface area contributed by atoms with Gasteiger partial charge in [-0.3, -0.25) is 4.90 Å². The quantitative estimate of drug-likeness (QED) is 0.772. The Bertz CT molecular complexity index is 281. The van der Waals surface area contributed by atoms with E-state index >= 15 is 0 Å². The molecule has 0 aromatic carbocycles. The van der Waals surface area contributed by atoms with Crippen LogP contribution < -0.4 is 5.73 Å². The summed E-state index contributed by atoms with van der Waals surface area (Å²) < 4.78 is 11.1. The van der Waals surface area contributed by atoms with Gasteiger partial charge in [0.05, 0.1) is 12.2 Å². The van der Waals surface area contributed by atoms with E-state index in [4.69, 9.17) is 15.2 Å². The van der Waals surface area contributed by atoms with Gasteiger partial charge in [-0.1, -0.05) is 6.92 Å². The normalized spacial score (nSPS) is 31.8. The highest BCUT2D eigenvalue weighted by Crippen LogP contribution is 2.32. The number of rotatable bonds is 6. The van der Waals surface area contributed by atoms with E-state index in [1.165, 1.54) is 13.0 Å². The van der Waals surface area contributed by atoms with Crippen molar-refractivity contribution in [2.75, 3.05) is 53.5 Å². The van der Waals surface area contributed by atoms with Crippen LogP contribution in [-0.2, 0) is 9.47 Å². The molecule has 0 aromatic rings. The van der Waals surface area contributed by atoms with Gasteiger partial charge in [-0.25, -0.2) is 0 Å². The minimum absolute atomic E-state index is 0.147. The van der Waals surface area contributed by atoms with Gasteiger partial charge >= 0.3 is 0 Å². The summed E-state index contributed by atoms with van der Waals surface area (Å²) >= 11 is 0. The second kappa shape index (κ2) is 7.18. The number of piperidine rings is 1. The van der Waals surface area contributed by atoms with Crippen molar-refractivity contribution < 1.29 is 9.47 Å².